The third-order valence-corrected chi connectivity index (χ3v) is 2.49. The molecule has 1 rings (SSSR count). The minimum Gasteiger partial charge on any atom is -0.399 e. The number of aryl methyl sites for hydroxylation is 1. The Balaban J connectivity index is 3.17. The summed E-state index contributed by atoms with van der Waals surface area (Å²) in [5.74, 6) is -3.35. The van der Waals surface area contributed by atoms with Crippen molar-refractivity contribution in [2.75, 3.05) is 18.8 Å². The number of hydrogen-bond acceptors (Lipinski definition) is 4. The zero-order valence-electron chi connectivity index (χ0n) is 10.9. The second-order valence-corrected chi connectivity index (χ2v) is 4.29. The summed E-state index contributed by atoms with van der Waals surface area (Å²) in [6, 6.07) is 2.48. The first-order valence-corrected chi connectivity index (χ1v) is 5.64. The van der Waals surface area contributed by atoms with Gasteiger partial charge in [0.15, 0.2) is 0 Å². The summed E-state index contributed by atoms with van der Waals surface area (Å²) in [6.45, 7) is 0.346. The molecule has 7 nitrogen and oxygen atoms in total. The number of halogens is 1. The summed E-state index contributed by atoms with van der Waals surface area (Å²) in [5, 5.41) is 0. The summed E-state index contributed by atoms with van der Waals surface area (Å²) >= 11 is 0. The molecule has 8 heteroatoms. The van der Waals surface area contributed by atoms with Crippen LogP contribution >= 0.6 is 0 Å². The van der Waals surface area contributed by atoms with Crippen molar-refractivity contribution in [3.05, 3.63) is 29.1 Å². The molecule has 6 N–H and O–H groups in total. The van der Waals surface area contributed by atoms with Gasteiger partial charge in [-0.1, -0.05) is 0 Å². The average molecular weight is 282 g/mol. The van der Waals surface area contributed by atoms with E-state index in [0.29, 0.717) is 0 Å². The molecule has 108 valence electrons. The van der Waals surface area contributed by atoms with Gasteiger partial charge in [0.05, 0.1) is 5.56 Å². The lowest BCUT2D eigenvalue weighted by atomic mass is 10.1. The van der Waals surface area contributed by atoms with E-state index in [9.17, 15) is 18.8 Å². The van der Waals surface area contributed by atoms with Crippen molar-refractivity contribution >= 4 is 23.4 Å². The van der Waals surface area contributed by atoms with E-state index in [1.807, 2.05) is 0 Å². The van der Waals surface area contributed by atoms with Gasteiger partial charge in [-0.05, 0) is 24.6 Å². The highest BCUT2D eigenvalue weighted by Gasteiger charge is 2.23. The molecule has 0 atom stereocenters. The molecule has 0 aliphatic heterocycles. The van der Waals surface area contributed by atoms with Crippen LogP contribution in [0.15, 0.2) is 12.1 Å². The van der Waals surface area contributed by atoms with Crippen molar-refractivity contribution in [3.63, 3.8) is 0 Å². The third-order valence-electron chi connectivity index (χ3n) is 2.49. The Morgan fingerprint density at radius 2 is 1.65 bits per heavy atom. The van der Waals surface area contributed by atoms with Crippen LogP contribution in [0, 0.1) is 12.7 Å². The number of nitrogens with zero attached hydrogens (tertiary/aromatic N) is 1. The number of hydrogen-bond donors (Lipinski definition) is 3. The van der Waals surface area contributed by atoms with E-state index >= 15 is 0 Å². The molecule has 0 aliphatic rings. The molecule has 0 aliphatic carbocycles. The quantitative estimate of drug-likeness (QED) is 0.605. The summed E-state index contributed by atoms with van der Waals surface area (Å²) in [7, 11) is 0. The number of nitrogen functional groups attached to an aromatic ring is 1. The SMILES string of the molecule is Cc1cc(N)cc(C(=O)N(CC(N)=O)CC(N)=O)c1F. The van der Waals surface area contributed by atoms with Gasteiger partial charge in [0, 0.05) is 5.69 Å². The fourth-order valence-electron chi connectivity index (χ4n) is 1.70. The van der Waals surface area contributed by atoms with Gasteiger partial charge in [-0.25, -0.2) is 4.39 Å². The van der Waals surface area contributed by atoms with Gasteiger partial charge < -0.3 is 22.1 Å². The van der Waals surface area contributed by atoms with Crippen molar-refractivity contribution in [1.29, 1.82) is 0 Å². The van der Waals surface area contributed by atoms with Crippen LogP contribution in [0.2, 0.25) is 0 Å². The minimum atomic E-state index is -0.879. The van der Waals surface area contributed by atoms with E-state index in [1.165, 1.54) is 13.0 Å². The monoisotopic (exact) mass is 282 g/mol. The first-order valence-electron chi connectivity index (χ1n) is 5.64. The van der Waals surface area contributed by atoms with Crippen molar-refractivity contribution in [1.82, 2.24) is 4.90 Å². The number of amides is 3. The minimum absolute atomic E-state index is 0.173. The van der Waals surface area contributed by atoms with Gasteiger partial charge in [0.2, 0.25) is 11.8 Å². The standard InChI is InChI=1S/C12H15FN4O3/c1-6-2-7(14)3-8(11(6)13)12(20)17(4-9(15)18)5-10(16)19/h2-3H,4-5,14H2,1H3,(H2,15,18)(H2,16,19). The fraction of sp³-hybridized carbons (Fsp3) is 0.250. The molecule has 0 bridgehead atoms. The molecule has 0 heterocycles. The van der Waals surface area contributed by atoms with Crippen LogP contribution in [-0.2, 0) is 9.59 Å². The van der Waals surface area contributed by atoms with Crippen LogP contribution in [0.4, 0.5) is 10.1 Å². The number of benzene rings is 1. The molecular formula is C12H15FN4O3. The lowest BCUT2D eigenvalue weighted by Crippen LogP contribution is -2.43. The molecule has 0 saturated heterocycles. The summed E-state index contributed by atoms with van der Waals surface area (Å²) in [5.41, 5.74) is 15.5. The first-order chi connectivity index (χ1) is 9.22. The lowest BCUT2D eigenvalue weighted by molar-refractivity contribution is -0.121. The van der Waals surface area contributed by atoms with Gasteiger partial charge in [-0.15, -0.1) is 0 Å². The summed E-state index contributed by atoms with van der Waals surface area (Å²) in [4.78, 5) is 34.7. The second-order valence-electron chi connectivity index (χ2n) is 4.29. The van der Waals surface area contributed by atoms with E-state index in [-0.39, 0.29) is 16.8 Å². The van der Waals surface area contributed by atoms with Crippen LogP contribution < -0.4 is 17.2 Å². The van der Waals surface area contributed by atoms with Gasteiger partial charge in [-0.3, -0.25) is 14.4 Å². The first kappa shape index (κ1) is 15.4. The van der Waals surface area contributed by atoms with Gasteiger partial charge >= 0.3 is 0 Å². The maximum atomic E-state index is 13.9. The molecular weight excluding hydrogens is 267 g/mol. The number of primary amides is 2. The molecule has 0 aromatic heterocycles. The van der Waals surface area contributed by atoms with Crippen LogP contribution in [0.5, 0.6) is 0 Å². The number of anilines is 1. The Kier molecular flexibility index (Phi) is 4.63. The maximum Gasteiger partial charge on any atom is 0.257 e. The van der Waals surface area contributed by atoms with Gasteiger partial charge in [0.25, 0.3) is 5.91 Å². The maximum absolute atomic E-state index is 13.9. The van der Waals surface area contributed by atoms with E-state index in [2.05, 4.69) is 0 Å². The molecule has 0 radical (unpaired) electrons. The fourth-order valence-corrected chi connectivity index (χ4v) is 1.70. The van der Waals surface area contributed by atoms with Crippen LogP contribution in [0.1, 0.15) is 15.9 Å². The molecule has 1 aromatic rings. The Hall–Kier alpha value is -2.64. The molecule has 20 heavy (non-hydrogen) atoms. The third kappa shape index (κ3) is 3.67. The highest BCUT2D eigenvalue weighted by atomic mass is 19.1. The second kappa shape index (κ2) is 6.00. The van der Waals surface area contributed by atoms with Crippen LogP contribution in [0.3, 0.4) is 0 Å². The van der Waals surface area contributed by atoms with Crippen molar-refractivity contribution in [3.8, 4) is 0 Å². The predicted molar refractivity (Wildman–Crippen MR) is 69.8 cm³/mol. The van der Waals surface area contributed by atoms with E-state index in [1.54, 1.807) is 0 Å². The Morgan fingerprint density at radius 3 is 2.10 bits per heavy atom. The Labute approximate surface area is 114 Å². The van der Waals surface area contributed by atoms with E-state index in [0.717, 1.165) is 11.0 Å². The van der Waals surface area contributed by atoms with Crippen molar-refractivity contribution in [2.45, 2.75) is 6.92 Å². The number of nitrogens with two attached hydrogens (primary N) is 3. The lowest BCUT2D eigenvalue weighted by Gasteiger charge is -2.20. The molecule has 0 fully saturated rings. The van der Waals surface area contributed by atoms with E-state index < -0.39 is 36.6 Å². The topological polar surface area (TPSA) is 133 Å². The van der Waals surface area contributed by atoms with Crippen LogP contribution in [-0.4, -0.2) is 35.7 Å². The van der Waals surface area contributed by atoms with Crippen molar-refractivity contribution < 1.29 is 18.8 Å². The smallest absolute Gasteiger partial charge is 0.257 e. The van der Waals surface area contributed by atoms with Gasteiger partial charge in [0.1, 0.15) is 18.9 Å². The summed E-state index contributed by atoms with van der Waals surface area (Å²) in [6.07, 6.45) is 0. The summed E-state index contributed by atoms with van der Waals surface area (Å²) < 4.78 is 13.9. The highest BCUT2D eigenvalue weighted by molar-refractivity contribution is 5.99. The number of rotatable bonds is 5. The largest absolute Gasteiger partial charge is 0.399 e. The molecule has 0 unspecified atom stereocenters. The average Bonchev–Trinajstić information content (AvgIpc) is 2.30. The molecule has 0 spiro atoms. The number of carbonyl (C=O) groups is 3. The predicted octanol–water partition coefficient (Wildman–Crippen LogP) is -0.871. The Morgan fingerprint density at radius 1 is 1.15 bits per heavy atom. The zero-order valence-corrected chi connectivity index (χ0v) is 10.9. The molecule has 0 saturated carbocycles. The molecule has 1 aromatic carbocycles. The zero-order chi connectivity index (χ0) is 15.4. The molecule has 3 amide bonds. The van der Waals surface area contributed by atoms with E-state index in [4.69, 9.17) is 17.2 Å². The number of carbonyl (C=O) groups excluding carboxylic acids is 3. The highest BCUT2D eigenvalue weighted by Crippen LogP contribution is 2.18. The van der Waals surface area contributed by atoms with Crippen molar-refractivity contribution in [2.24, 2.45) is 11.5 Å². The Bertz CT molecular complexity index is 558. The van der Waals surface area contributed by atoms with Crippen LogP contribution in [0.25, 0.3) is 0 Å². The van der Waals surface area contributed by atoms with Gasteiger partial charge in [-0.2, -0.15) is 0 Å². The normalized spacial score (nSPS) is 10.1.